The summed E-state index contributed by atoms with van der Waals surface area (Å²) in [5, 5.41) is 1.88. The maximum atomic E-state index is 11.6. The van der Waals surface area contributed by atoms with Crippen molar-refractivity contribution in [3.8, 4) is 5.75 Å². The minimum Gasteiger partial charge on any atom is -0.496 e. The van der Waals surface area contributed by atoms with Crippen LogP contribution in [-0.4, -0.2) is 12.9 Å². The summed E-state index contributed by atoms with van der Waals surface area (Å²) in [4.78, 5) is 12.4. The third-order valence-electron chi connectivity index (χ3n) is 2.26. The average molecular weight is 196 g/mol. The molecule has 1 aromatic rings. The molecule has 0 spiro atoms. The Balaban J connectivity index is 2.01. The second-order valence-electron chi connectivity index (χ2n) is 3.42. The Bertz CT molecular complexity index is 312. The highest BCUT2D eigenvalue weighted by Crippen LogP contribution is 2.34. The Kier molecular flexibility index (Phi) is 2.36. The van der Waals surface area contributed by atoms with Crippen LogP contribution in [0.5, 0.6) is 5.75 Å². The molecule has 0 bridgehead atoms. The number of rotatable bonds is 4. The monoisotopic (exact) mass is 196 g/mol. The first-order valence-corrected chi connectivity index (χ1v) is 5.33. The van der Waals surface area contributed by atoms with Crippen molar-refractivity contribution in [2.75, 3.05) is 7.11 Å². The molecule has 2 nitrogen and oxygen atoms in total. The number of hydrogen-bond donors (Lipinski definition) is 0. The predicted octanol–water partition coefficient (Wildman–Crippen LogP) is 2.74. The molecule has 0 unspecified atom stereocenters. The minimum absolute atomic E-state index is 0.274. The Hall–Kier alpha value is -0.830. The lowest BCUT2D eigenvalue weighted by atomic mass is 10.2. The van der Waals surface area contributed by atoms with Crippen LogP contribution in [0.25, 0.3) is 0 Å². The number of ketones is 1. The zero-order valence-corrected chi connectivity index (χ0v) is 8.39. The Labute approximate surface area is 81.5 Å². The van der Waals surface area contributed by atoms with Gasteiger partial charge in [0.25, 0.3) is 0 Å². The molecule has 1 heterocycles. The molecule has 0 atom stereocenters. The molecular weight excluding hydrogens is 184 g/mol. The summed E-state index contributed by atoms with van der Waals surface area (Å²) < 4.78 is 5.02. The number of Topliss-reactive ketones (excluding diaryl/α,β-unsaturated/α-hetero) is 1. The van der Waals surface area contributed by atoms with E-state index in [1.807, 2.05) is 11.4 Å². The van der Waals surface area contributed by atoms with Crippen molar-refractivity contribution < 1.29 is 9.53 Å². The van der Waals surface area contributed by atoms with Gasteiger partial charge in [0.15, 0.2) is 5.78 Å². The summed E-state index contributed by atoms with van der Waals surface area (Å²) in [5.74, 6) is 1.74. The summed E-state index contributed by atoms with van der Waals surface area (Å²) in [7, 11) is 1.62. The number of thiophene rings is 1. The fourth-order valence-electron chi connectivity index (χ4n) is 1.26. The van der Waals surface area contributed by atoms with Crippen LogP contribution in [0.15, 0.2) is 11.4 Å². The van der Waals surface area contributed by atoms with Gasteiger partial charge < -0.3 is 4.74 Å². The molecule has 1 aliphatic carbocycles. The van der Waals surface area contributed by atoms with Gasteiger partial charge in [0.05, 0.1) is 12.0 Å². The highest BCUT2D eigenvalue weighted by molar-refractivity contribution is 7.12. The third kappa shape index (κ3) is 2.10. The van der Waals surface area contributed by atoms with Gasteiger partial charge in [-0.1, -0.05) is 0 Å². The molecule has 13 heavy (non-hydrogen) atoms. The molecule has 0 aliphatic heterocycles. The molecular formula is C10H12O2S. The van der Waals surface area contributed by atoms with Crippen LogP contribution in [0, 0.1) is 5.92 Å². The van der Waals surface area contributed by atoms with Crippen LogP contribution in [0.4, 0.5) is 0 Å². The fourth-order valence-corrected chi connectivity index (χ4v) is 2.06. The second-order valence-corrected chi connectivity index (χ2v) is 4.33. The van der Waals surface area contributed by atoms with Crippen molar-refractivity contribution in [1.29, 1.82) is 0 Å². The van der Waals surface area contributed by atoms with Gasteiger partial charge in [-0.15, -0.1) is 11.3 Å². The summed E-state index contributed by atoms with van der Waals surface area (Å²) >= 11 is 1.48. The smallest absolute Gasteiger partial charge is 0.173 e. The molecule has 0 N–H and O–H groups in total. The lowest BCUT2D eigenvalue weighted by Gasteiger charge is -1.93. The standard InChI is InChI=1S/C10H12O2S/c1-12-8-5-10(13-6-8)9(11)4-7-2-3-7/h5-7H,2-4H2,1H3. The van der Waals surface area contributed by atoms with Crippen molar-refractivity contribution in [2.45, 2.75) is 19.3 Å². The van der Waals surface area contributed by atoms with E-state index in [2.05, 4.69) is 0 Å². The summed E-state index contributed by atoms with van der Waals surface area (Å²) in [5.41, 5.74) is 0. The van der Waals surface area contributed by atoms with Crippen molar-refractivity contribution in [3.63, 3.8) is 0 Å². The van der Waals surface area contributed by atoms with Crippen LogP contribution < -0.4 is 4.74 Å². The second kappa shape index (κ2) is 3.50. The van der Waals surface area contributed by atoms with E-state index >= 15 is 0 Å². The largest absolute Gasteiger partial charge is 0.496 e. The van der Waals surface area contributed by atoms with Crippen LogP contribution in [-0.2, 0) is 0 Å². The van der Waals surface area contributed by atoms with E-state index < -0.39 is 0 Å². The normalized spacial score (nSPS) is 15.8. The molecule has 0 aromatic carbocycles. The summed E-state index contributed by atoms with van der Waals surface area (Å²) in [6.07, 6.45) is 3.19. The van der Waals surface area contributed by atoms with E-state index in [1.54, 1.807) is 7.11 Å². The van der Waals surface area contributed by atoms with Gasteiger partial charge in [-0.05, 0) is 18.8 Å². The molecule has 3 heteroatoms. The molecule has 1 aliphatic rings. The van der Waals surface area contributed by atoms with E-state index in [9.17, 15) is 4.79 Å². The van der Waals surface area contributed by atoms with Crippen molar-refractivity contribution in [2.24, 2.45) is 5.92 Å². The number of carbonyl (C=O) groups is 1. The third-order valence-corrected chi connectivity index (χ3v) is 3.21. The predicted molar refractivity (Wildman–Crippen MR) is 52.5 cm³/mol. The Morgan fingerprint density at radius 2 is 2.46 bits per heavy atom. The zero-order chi connectivity index (χ0) is 9.26. The Morgan fingerprint density at radius 3 is 3.00 bits per heavy atom. The number of carbonyl (C=O) groups excluding carboxylic acids is 1. The van der Waals surface area contributed by atoms with E-state index in [0.29, 0.717) is 5.92 Å². The average Bonchev–Trinajstić information content (AvgIpc) is 2.82. The first kappa shape index (κ1) is 8.75. The maximum absolute atomic E-state index is 11.6. The first-order chi connectivity index (χ1) is 6.29. The van der Waals surface area contributed by atoms with Gasteiger partial charge in [-0.25, -0.2) is 0 Å². The minimum atomic E-state index is 0.274. The lowest BCUT2D eigenvalue weighted by Crippen LogP contribution is -1.96. The molecule has 70 valence electrons. The zero-order valence-electron chi connectivity index (χ0n) is 7.58. The van der Waals surface area contributed by atoms with Gasteiger partial charge in [-0.3, -0.25) is 4.79 Å². The van der Waals surface area contributed by atoms with Crippen molar-refractivity contribution >= 4 is 17.1 Å². The fraction of sp³-hybridized carbons (Fsp3) is 0.500. The highest BCUT2D eigenvalue weighted by Gasteiger charge is 2.25. The molecule has 1 aromatic heterocycles. The van der Waals surface area contributed by atoms with E-state index in [-0.39, 0.29) is 5.78 Å². The van der Waals surface area contributed by atoms with E-state index in [4.69, 9.17) is 4.74 Å². The van der Waals surface area contributed by atoms with Crippen LogP contribution in [0.1, 0.15) is 28.9 Å². The molecule has 0 radical (unpaired) electrons. The molecule has 0 saturated heterocycles. The van der Waals surface area contributed by atoms with Crippen molar-refractivity contribution in [3.05, 3.63) is 16.3 Å². The van der Waals surface area contributed by atoms with E-state index in [0.717, 1.165) is 17.0 Å². The van der Waals surface area contributed by atoms with Gasteiger partial charge in [0.1, 0.15) is 5.75 Å². The van der Waals surface area contributed by atoms with E-state index in [1.165, 1.54) is 24.2 Å². The first-order valence-electron chi connectivity index (χ1n) is 4.45. The summed E-state index contributed by atoms with van der Waals surface area (Å²) in [6.45, 7) is 0. The van der Waals surface area contributed by atoms with Crippen LogP contribution >= 0.6 is 11.3 Å². The highest BCUT2D eigenvalue weighted by atomic mass is 32.1. The number of hydrogen-bond acceptors (Lipinski definition) is 3. The van der Waals surface area contributed by atoms with Crippen LogP contribution in [0.3, 0.4) is 0 Å². The van der Waals surface area contributed by atoms with Gasteiger partial charge >= 0.3 is 0 Å². The quantitative estimate of drug-likeness (QED) is 0.692. The topological polar surface area (TPSA) is 26.3 Å². The molecule has 1 saturated carbocycles. The van der Waals surface area contributed by atoms with Gasteiger partial charge in [0, 0.05) is 17.9 Å². The van der Waals surface area contributed by atoms with Crippen LogP contribution in [0.2, 0.25) is 0 Å². The van der Waals surface area contributed by atoms with Gasteiger partial charge in [-0.2, -0.15) is 0 Å². The van der Waals surface area contributed by atoms with Crippen molar-refractivity contribution in [1.82, 2.24) is 0 Å². The summed E-state index contributed by atoms with van der Waals surface area (Å²) in [6, 6.07) is 1.83. The molecule has 1 fully saturated rings. The molecule has 2 rings (SSSR count). The Morgan fingerprint density at radius 1 is 1.69 bits per heavy atom. The molecule has 0 amide bonds. The number of methoxy groups -OCH3 is 1. The number of ether oxygens (including phenoxy) is 1. The maximum Gasteiger partial charge on any atom is 0.173 e. The van der Waals surface area contributed by atoms with Gasteiger partial charge in [0.2, 0.25) is 0 Å². The lowest BCUT2D eigenvalue weighted by molar-refractivity contribution is 0.0980. The SMILES string of the molecule is COc1csc(C(=O)CC2CC2)c1.